The van der Waals surface area contributed by atoms with Crippen LogP contribution >= 0.6 is 11.6 Å². The highest BCUT2D eigenvalue weighted by Gasteiger charge is 2.20. The van der Waals surface area contributed by atoms with E-state index in [-0.39, 0.29) is 5.78 Å². The number of piperazine rings is 1. The summed E-state index contributed by atoms with van der Waals surface area (Å²) in [6.07, 6.45) is 5.99. The SMILES string of the molecule is O=C(CCn1c(CN2CCN(C/C=C/c3ccccc3)CC2)nc2ccccc21)c1ccc(Cl)cc1.O=C(O)/C=C\C(=O)O. The van der Waals surface area contributed by atoms with Gasteiger partial charge in [0, 0.05) is 68.4 Å². The van der Waals surface area contributed by atoms with Crippen molar-refractivity contribution in [2.45, 2.75) is 19.5 Å². The second-order valence-corrected chi connectivity index (χ2v) is 10.7. The summed E-state index contributed by atoms with van der Waals surface area (Å²) >= 11 is 5.98. The van der Waals surface area contributed by atoms with Crippen molar-refractivity contribution in [1.29, 1.82) is 0 Å². The van der Waals surface area contributed by atoms with Gasteiger partial charge in [-0.15, -0.1) is 0 Å². The number of aryl methyl sites for hydroxylation is 1. The van der Waals surface area contributed by atoms with Gasteiger partial charge < -0.3 is 14.8 Å². The van der Waals surface area contributed by atoms with Crippen molar-refractivity contribution >= 4 is 46.4 Å². The van der Waals surface area contributed by atoms with E-state index in [0.717, 1.165) is 56.1 Å². The first-order chi connectivity index (χ1) is 21.3. The minimum Gasteiger partial charge on any atom is -0.478 e. The Hall–Kier alpha value is -4.57. The summed E-state index contributed by atoms with van der Waals surface area (Å²) in [5, 5.41) is 16.3. The Kier molecular flexibility index (Phi) is 12.0. The van der Waals surface area contributed by atoms with Crippen molar-refractivity contribution in [2.75, 3.05) is 32.7 Å². The maximum atomic E-state index is 12.8. The standard InChI is InChI=1S/C30H31ClN4O.C4H4O4/c31-26-14-12-25(13-15-26)29(36)16-18-35-28-11-5-4-10-27(28)32-30(35)23-34-21-19-33(20-22-34)17-6-9-24-7-2-1-3-8-24;5-3(6)1-2-4(7)8/h1-15H,16-23H2;1-2H,(H,5,6)(H,7,8)/b9-6+;2-1-. The Labute approximate surface area is 261 Å². The Morgan fingerprint density at radius 1 is 0.795 bits per heavy atom. The third-order valence-electron chi connectivity index (χ3n) is 7.13. The number of aromatic nitrogens is 2. The van der Waals surface area contributed by atoms with Crippen molar-refractivity contribution in [3.63, 3.8) is 0 Å². The molecule has 1 aromatic heterocycles. The lowest BCUT2D eigenvalue weighted by Gasteiger charge is -2.34. The fourth-order valence-electron chi connectivity index (χ4n) is 4.86. The summed E-state index contributed by atoms with van der Waals surface area (Å²) in [7, 11) is 0. The van der Waals surface area contributed by atoms with E-state index in [1.54, 1.807) is 24.3 Å². The number of hydrogen-bond donors (Lipinski definition) is 2. The topological polar surface area (TPSA) is 116 Å². The number of carboxylic acid groups (broad SMARTS) is 2. The van der Waals surface area contributed by atoms with Crippen LogP contribution in [0.4, 0.5) is 0 Å². The van der Waals surface area contributed by atoms with Gasteiger partial charge in [-0.25, -0.2) is 14.6 Å². The predicted molar refractivity (Wildman–Crippen MR) is 172 cm³/mol. The number of ketones is 1. The minimum atomic E-state index is -1.26. The molecule has 0 radical (unpaired) electrons. The molecule has 228 valence electrons. The Bertz CT molecular complexity index is 1590. The van der Waals surface area contributed by atoms with Gasteiger partial charge in [0.1, 0.15) is 5.82 Å². The minimum absolute atomic E-state index is 0.118. The van der Waals surface area contributed by atoms with E-state index in [1.165, 1.54) is 5.56 Å². The van der Waals surface area contributed by atoms with Crippen LogP contribution in [0.15, 0.2) is 97.1 Å². The third kappa shape index (κ3) is 10.0. The van der Waals surface area contributed by atoms with E-state index in [4.69, 9.17) is 26.8 Å². The first-order valence-electron chi connectivity index (χ1n) is 14.3. The highest BCUT2D eigenvalue weighted by molar-refractivity contribution is 6.30. The molecule has 0 spiro atoms. The number of imidazole rings is 1. The number of para-hydroxylation sites is 2. The molecule has 0 aliphatic carbocycles. The van der Waals surface area contributed by atoms with Crippen LogP contribution in [-0.2, 0) is 22.7 Å². The van der Waals surface area contributed by atoms with Crippen LogP contribution in [0.3, 0.4) is 0 Å². The first kappa shape index (κ1) is 32.3. The Morgan fingerprint density at radius 3 is 2.07 bits per heavy atom. The number of Topliss-reactive ketones (excluding diaryl/α,β-unsaturated/α-hetero) is 1. The number of fused-ring (bicyclic) bond motifs is 1. The first-order valence-corrected chi connectivity index (χ1v) is 14.7. The second kappa shape index (κ2) is 16.3. The zero-order chi connectivity index (χ0) is 31.3. The number of carbonyl (C=O) groups excluding carboxylic acids is 1. The lowest BCUT2D eigenvalue weighted by molar-refractivity contribution is -0.134. The van der Waals surface area contributed by atoms with Crippen LogP contribution in [0.25, 0.3) is 17.1 Å². The molecule has 0 unspecified atom stereocenters. The summed E-state index contributed by atoms with van der Waals surface area (Å²) in [5.41, 5.74) is 4.00. The number of aliphatic carboxylic acids is 2. The van der Waals surface area contributed by atoms with E-state index >= 15 is 0 Å². The lowest BCUT2D eigenvalue weighted by atomic mass is 10.1. The van der Waals surface area contributed by atoms with Crippen molar-refractivity contribution in [3.05, 3.63) is 119 Å². The fourth-order valence-corrected chi connectivity index (χ4v) is 4.99. The monoisotopic (exact) mass is 614 g/mol. The van der Waals surface area contributed by atoms with E-state index in [2.05, 4.69) is 56.9 Å². The Morgan fingerprint density at radius 2 is 1.41 bits per heavy atom. The third-order valence-corrected chi connectivity index (χ3v) is 7.39. The molecule has 0 bridgehead atoms. The highest BCUT2D eigenvalue weighted by atomic mass is 35.5. The molecule has 0 amide bonds. The molecule has 1 fully saturated rings. The normalized spacial score (nSPS) is 14.1. The van der Waals surface area contributed by atoms with Crippen molar-refractivity contribution in [3.8, 4) is 0 Å². The molecule has 0 saturated carbocycles. The van der Waals surface area contributed by atoms with Gasteiger partial charge >= 0.3 is 11.9 Å². The lowest BCUT2D eigenvalue weighted by Crippen LogP contribution is -2.46. The van der Waals surface area contributed by atoms with Crippen LogP contribution in [0.2, 0.25) is 5.02 Å². The van der Waals surface area contributed by atoms with Gasteiger partial charge in [0.2, 0.25) is 0 Å². The van der Waals surface area contributed by atoms with Crippen molar-refractivity contribution in [1.82, 2.24) is 19.4 Å². The molecule has 1 aliphatic rings. The Balaban J connectivity index is 0.000000488. The van der Waals surface area contributed by atoms with Crippen molar-refractivity contribution in [2.24, 2.45) is 0 Å². The summed E-state index contributed by atoms with van der Waals surface area (Å²) in [5.74, 6) is -1.37. The average molecular weight is 615 g/mol. The molecule has 2 N–H and O–H groups in total. The summed E-state index contributed by atoms with van der Waals surface area (Å²) < 4.78 is 2.22. The summed E-state index contributed by atoms with van der Waals surface area (Å²) in [4.78, 5) is 41.8. The largest absolute Gasteiger partial charge is 0.478 e. The molecule has 2 heterocycles. The molecular formula is C34H35ClN4O5. The zero-order valence-electron chi connectivity index (χ0n) is 24.3. The van der Waals surface area contributed by atoms with E-state index < -0.39 is 11.9 Å². The molecule has 1 aliphatic heterocycles. The number of carbonyl (C=O) groups is 3. The van der Waals surface area contributed by atoms with Crippen LogP contribution in [0, 0.1) is 0 Å². The molecule has 3 aromatic carbocycles. The molecule has 10 heteroatoms. The number of hydrogen-bond acceptors (Lipinski definition) is 6. The maximum Gasteiger partial charge on any atom is 0.328 e. The molecule has 9 nitrogen and oxygen atoms in total. The number of rotatable bonds is 11. The summed E-state index contributed by atoms with van der Waals surface area (Å²) in [6, 6.07) is 25.8. The molecular weight excluding hydrogens is 580 g/mol. The van der Waals surface area contributed by atoms with Gasteiger partial charge in [-0.3, -0.25) is 14.6 Å². The zero-order valence-corrected chi connectivity index (χ0v) is 25.0. The number of nitrogens with zero attached hydrogens (tertiary/aromatic N) is 4. The molecule has 1 saturated heterocycles. The molecule has 5 rings (SSSR count). The van der Waals surface area contributed by atoms with E-state index in [1.807, 2.05) is 24.3 Å². The van der Waals surface area contributed by atoms with Gasteiger partial charge in [-0.1, -0.05) is 66.2 Å². The van der Waals surface area contributed by atoms with Gasteiger partial charge in [0.15, 0.2) is 5.78 Å². The van der Waals surface area contributed by atoms with Crippen LogP contribution < -0.4 is 0 Å². The van der Waals surface area contributed by atoms with Crippen LogP contribution in [0.1, 0.15) is 28.2 Å². The van der Waals surface area contributed by atoms with E-state index in [0.29, 0.717) is 35.7 Å². The fraction of sp³-hybridized carbons (Fsp3) is 0.235. The molecule has 44 heavy (non-hydrogen) atoms. The molecule has 0 atom stereocenters. The number of halogens is 1. The van der Waals surface area contributed by atoms with E-state index in [9.17, 15) is 14.4 Å². The van der Waals surface area contributed by atoms with Crippen LogP contribution in [-0.4, -0.2) is 80.0 Å². The number of carboxylic acids is 2. The highest BCUT2D eigenvalue weighted by Crippen LogP contribution is 2.20. The van der Waals surface area contributed by atoms with Gasteiger partial charge in [-0.05, 0) is 42.0 Å². The summed E-state index contributed by atoms with van der Waals surface area (Å²) in [6.45, 7) is 6.45. The number of benzene rings is 3. The quantitative estimate of drug-likeness (QED) is 0.168. The molecule has 4 aromatic rings. The van der Waals surface area contributed by atoms with Crippen LogP contribution in [0.5, 0.6) is 0 Å². The maximum absolute atomic E-state index is 12.8. The average Bonchev–Trinajstić information content (AvgIpc) is 3.37. The van der Waals surface area contributed by atoms with Gasteiger partial charge in [0.25, 0.3) is 0 Å². The predicted octanol–water partition coefficient (Wildman–Crippen LogP) is 5.51. The van der Waals surface area contributed by atoms with Gasteiger partial charge in [-0.2, -0.15) is 0 Å². The van der Waals surface area contributed by atoms with Crippen molar-refractivity contribution < 1.29 is 24.6 Å². The van der Waals surface area contributed by atoms with Gasteiger partial charge in [0.05, 0.1) is 17.6 Å². The second-order valence-electron chi connectivity index (χ2n) is 10.2. The smallest absolute Gasteiger partial charge is 0.328 e.